The molecule has 0 fully saturated rings. The fraction of sp³-hybridized carbons (Fsp3) is 0.529. The molecule has 0 radical (unpaired) electrons. The van der Waals surface area contributed by atoms with Crippen LogP contribution in [0.4, 0.5) is 0 Å². The van der Waals surface area contributed by atoms with Gasteiger partial charge in [-0.2, -0.15) is 0 Å². The molecular formula is C17H25NO5. The van der Waals surface area contributed by atoms with E-state index in [0.717, 1.165) is 19.3 Å². The molecule has 23 heavy (non-hydrogen) atoms. The van der Waals surface area contributed by atoms with Gasteiger partial charge in [0.1, 0.15) is 5.75 Å². The van der Waals surface area contributed by atoms with Crippen LogP contribution in [0.1, 0.15) is 49.9 Å². The van der Waals surface area contributed by atoms with Gasteiger partial charge in [0.05, 0.1) is 13.2 Å². The van der Waals surface area contributed by atoms with E-state index in [2.05, 4.69) is 0 Å². The van der Waals surface area contributed by atoms with Crippen LogP contribution >= 0.6 is 0 Å². The first-order chi connectivity index (χ1) is 11.1. The molecule has 0 heterocycles. The lowest BCUT2D eigenvalue weighted by molar-refractivity contribution is -0.143. The topological polar surface area (TPSA) is 76.1 Å². The van der Waals surface area contributed by atoms with E-state index in [0.29, 0.717) is 36.0 Å². The number of carbonyl (C=O) groups is 2. The first-order valence-electron chi connectivity index (χ1n) is 7.97. The average Bonchev–Trinajstić information content (AvgIpc) is 2.57. The predicted molar refractivity (Wildman–Crippen MR) is 85.5 cm³/mol. The lowest BCUT2D eigenvalue weighted by Crippen LogP contribution is -2.26. The van der Waals surface area contributed by atoms with E-state index in [1.165, 1.54) is 0 Å². The fourth-order valence-corrected chi connectivity index (χ4v) is 1.96. The number of carbonyl (C=O) groups excluding carboxylic acids is 2. The highest BCUT2D eigenvalue weighted by molar-refractivity contribution is 5.93. The number of unbranched alkanes of at least 4 members (excludes halogenated alkanes) is 2. The SMILES string of the molecule is CCOC(=O)CCCCCOc1ccc(C(=O)N(O)CC)cc1. The summed E-state index contributed by atoms with van der Waals surface area (Å²) in [4.78, 5) is 22.9. The Kier molecular flexibility index (Phi) is 8.75. The number of ether oxygens (including phenoxy) is 2. The smallest absolute Gasteiger partial charge is 0.305 e. The van der Waals surface area contributed by atoms with Crippen molar-refractivity contribution < 1.29 is 24.3 Å². The van der Waals surface area contributed by atoms with Gasteiger partial charge in [-0.1, -0.05) is 0 Å². The average molecular weight is 323 g/mol. The summed E-state index contributed by atoms with van der Waals surface area (Å²) in [6.07, 6.45) is 2.98. The maximum Gasteiger partial charge on any atom is 0.305 e. The Hall–Kier alpha value is -2.08. The van der Waals surface area contributed by atoms with Gasteiger partial charge in [-0.05, 0) is 57.4 Å². The maximum absolute atomic E-state index is 11.7. The van der Waals surface area contributed by atoms with E-state index in [1.54, 1.807) is 38.1 Å². The first kappa shape index (κ1) is 19.0. The summed E-state index contributed by atoms with van der Waals surface area (Å²) >= 11 is 0. The third-order valence-electron chi connectivity index (χ3n) is 3.23. The van der Waals surface area contributed by atoms with Gasteiger partial charge >= 0.3 is 5.97 Å². The minimum atomic E-state index is -0.432. The molecule has 0 aliphatic rings. The summed E-state index contributed by atoms with van der Waals surface area (Å²) in [7, 11) is 0. The molecule has 1 N–H and O–H groups in total. The number of hydrogen-bond donors (Lipinski definition) is 1. The lowest BCUT2D eigenvalue weighted by Gasteiger charge is -2.12. The highest BCUT2D eigenvalue weighted by atomic mass is 16.5. The van der Waals surface area contributed by atoms with Crippen LogP contribution in [0.25, 0.3) is 0 Å². The lowest BCUT2D eigenvalue weighted by atomic mass is 10.2. The molecule has 0 spiro atoms. The van der Waals surface area contributed by atoms with Crippen LogP contribution in [0, 0.1) is 0 Å². The molecule has 6 nitrogen and oxygen atoms in total. The Morgan fingerprint density at radius 1 is 1.09 bits per heavy atom. The van der Waals surface area contributed by atoms with E-state index in [9.17, 15) is 14.8 Å². The van der Waals surface area contributed by atoms with Gasteiger partial charge in [0, 0.05) is 18.5 Å². The van der Waals surface area contributed by atoms with Gasteiger partial charge in [0.15, 0.2) is 0 Å². The minimum absolute atomic E-state index is 0.154. The van der Waals surface area contributed by atoms with Gasteiger partial charge in [0.25, 0.3) is 5.91 Å². The van der Waals surface area contributed by atoms with Gasteiger partial charge < -0.3 is 9.47 Å². The molecule has 128 valence electrons. The molecule has 1 rings (SSSR count). The van der Waals surface area contributed by atoms with Crippen molar-refractivity contribution in [2.24, 2.45) is 0 Å². The van der Waals surface area contributed by atoms with E-state index >= 15 is 0 Å². The second-order valence-electron chi connectivity index (χ2n) is 5.01. The van der Waals surface area contributed by atoms with Crippen LogP contribution in [0.5, 0.6) is 5.75 Å². The number of benzene rings is 1. The summed E-state index contributed by atoms with van der Waals surface area (Å²) in [5.41, 5.74) is 0.413. The largest absolute Gasteiger partial charge is 0.494 e. The summed E-state index contributed by atoms with van der Waals surface area (Å²) in [5.74, 6) is 0.0876. The van der Waals surface area contributed by atoms with Crippen molar-refractivity contribution in [1.82, 2.24) is 5.06 Å². The summed E-state index contributed by atoms with van der Waals surface area (Å²) < 4.78 is 10.4. The Labute approximate surface area is 137 Å². The zero-order valence-corrected chi connectivity index (χ0v) is 13.8. The van der Waals surface area contributed by atoms with Crippen LogP contribution in [0.3, 0.4) is 0 Å². The Balaban J connectivity index is 2.23. The summed E-state index contributed by atoms with van der Waals surface area (Å²) in [6.45, 7) is 4.70. The van der Waals surface area contributed by atoms with Gasteiger partial charge in [0.2, 0.25) is 0 Å². The van der Waals surface area contributed by atoms with Crippen molar-refractivity contribution in [3.63, 3.8) is 0 Å². The Morgan fingerprint density at radius 3 is 2.39 bits per heavy atom. The van der Waals surface area contributed by atoms with Crippen molar-refractivity contribution in [2.45, 2.75) is 39.5 Å². The van der Waals surface area contributed by atoms with Crippen molar-refractivity contribution in [1.29, 1.82) is 0 Å². The number of rotatable bonds is 10. The molecule has 1 aromatic rings. The van der Waals surface area contributed by atoms with Crippen LogP contribution in [0.15, 0.2) is 24.3 Å². The van der Waals surface area contributed by atoms with E-state index in [4.69, 9.17) is 9.47 Å². The molecule has 0 atom stereocenters. The molecule has 0 saturated heterocycles. The van der Waals surface area contributed by atoms with E-state index in [-0.39, 0.29) is 12.5 Å². The Morgan fingerprint density at radius 2 is 1.78 bits per heavy atom. The molecule has 1 aromatic carbocycles. The molecule has 1 amide bonds. The second-order valence-corrected chi connectivity index (χ2v) is 5.01. The highest BCUT2D eigenvalue weighted by Crippen LogP contribution is 2.14. The van der Waals surface area contributed by atoms with Crippen LogP contribution in [-0.2, 0) is 9.53 Å². The first-order valence-corrected chi connectivity index (χ1v) is 7.97. The van der Waals surface area contributed by atoms with Crippen molar-refractivity contribution in [2.75, 3.05) is 19.8 Å². The number of hydroxylamine groups is 2. The summed E-state index contributed by atoms with van der Waals surface area (Å²) in [5, 5.41) is 10.0. The highest BCUT2D eigenvalue weighted by Gasteiger charge is 2.11. The minimum Gasteiger partial charge on any atom is -0.494 e. The molecule has 0 saturated carbocycles. The second kappa shape index (κ2) is 10.6. The monoisotopic (exact) mass is 323 g/mol. The number of esters is 1. The zero-order chi connectivity index (χ0) is 17.1. The zero-order valence-electron chi connectivity index (χ0n) is 13.8. The third kappa shape index (κ3) is 7.15. The van der Waals surface area contributed by atoms with Crippen LogP contribution < -0.4 is 4.74 Å². The quantitative estimate of drug-likeness (QED) is 0.310. The number of amides is 1. The van der Waals surface area contributed by atoms with Crippen LogP contribution in [0.2, 0.25) is 0 Å². The molecule has 0 aliphatic carbocycles. The van der Waals surface area contributed by atoms with Gasteiger partial charge in [-0.25, -0.2) is 5.06 Å². The molecule has 0 bridgehead atoms. The predicted octanol–water partition coefficient (Wildman–Crippen LogP) is 3.04. The fourth-order valence-electron chi connectivity index (χ4n) is 1.96. The molecule has 0 aliphatic heterocycles. The van der Waals surface area contributed by atoms with E-state index in [1.807, 2.05) is 0 Å². The van der Waals surface area contributed by atoms with E-state index < -0.39 is 5.91 Å². The normalized spacial score (nSPS) is 10.2. The molecule has 0 aromatic heterocycles. The van der Waals surface area contributed by atoms with Gasteiger partial charge in [-0.15, -0.1) is 0 Å². The maximum atomic E-state index is 11.7. The van der Waals surface area contributed by atoms with Crippen LogP contribution in [-0.4, -0.2) is 41.9 Å². The number of hydrogen-bond acceptors (Lipinski definition) is 5. The van der Waals surface area contributed by atoms with Crippen molar-refractivity contribution in [3.05, 3.63) is 29.8 Å². The molecule has 6 heteroatoms. The molecule has 0 unspecified atom stereocenters. The third-order valence-corrected chi connectivity index (χ3v) is 3.23. The number of nitrogens with zero attached hydrogens (tertiary/aromatic N) is 1. The van der Waals surface area contributed by atoms with Gasteiger partial charge in [-0.3, -0.25) is 14.8 Å². The van der Waals surface area contributed by atoms with Crippen molar-refractivity contribution in [3.8, 4) is 5.75 Å². The molecular weight excluding hydrogens is 298 g/mol. The standard InChI is InChI=1S/C17H25NO5/c1-3-18(21)17(20)14-9-11-15(12-10-14)23-13-7-5-6-8-16(19)22-4-2/h9-12,21H,3-8,13H2,1-2H3. The summed E-state index contributed by atoms with van der Waals surface area (Å²) in [6, 6.07) is 6.65. The Bertz CT molecular complexity index is 486. The van der Waals surface area contributed by atoms with Crippen molar-refractivity contribution >= 4 is 11.9 Å².